The van der Waals surface area contributed by atoms with Gasteiger partial charge in [-0.15, -0.1) is 0 Å². The topological polar surface area (TPSA) is 396 Å². The van der Waals surface area contributed by atoms with Gasteiger partial charge in [0.05, 0.1) is 6.67 Å². The van der Waals surface area contributed by atoms with Gasteiger partial charge in [0, 0.05) is 182 Å². The standard InChI is InChI=1S/C41H77N15O10/c1-2-32(57)3-13-51(14-4-33(42)58)23-27-55(19-9-38(47)63)29-25-53(17-7-36(45)61)21-11-40(65)49-31-50-41(66)12-22-54(18-8-37(46)62)26-30-56(20-10-39(48)64)28-24-52(15-5-34(43)59)16-6-35(44)60/h2H,1,3-31H2,(H2,42,58)(H2,43,59)(H2,44,60)(H2,45,61)(H2,46,62)(H2,47,63)(H2,48,64)(H,49,65)(H,50,66). The molecule has 0 aromatic heterocycles. The number of ketones is 1. The molecule has 0 aliphatic carbocycles. The Labute approximate surface area is 387 Å². The maximum atomic E-state index is 12.8. The quantitative estimate of drug-likeness (QED) is 0.0203. The fourth-order valence-corrected chi connectivity index (χ4v) is 6.33. The summed E-state index contributed by atoms with van der Waals surface area (Å²) in [7, 11) is 0. The monoisotopic (exact) mass is 940 g/mol. The summed E-state index contributed by atoms with van der Waals surface area (Å²) >= 11 is 0. The van der Waals surface area contributed by atoms with Crippen molar-refractivity contribution in [2.24, 2.45) is 40.1 Å². The van der Waals surface area contributed by atoms with E-state index in [1.54, 1.807) is 0 Å². The van der Waals surface area contributed by atoms with E-state index in [0.29, 0.717) is 91.6 Å². The summed E-state index contributed by atoms with van der Waals surface area (Å²) in [5.41, 5.74) is 37.6. The smallest absolute Gasteiger partial charge is 0.222 e. The minimum absolute atomic E-state index is 0.0208. The van der Waals surface area contributed by atoms with Gasteiger partial charge in [0.25, 0.3) is 0 Å². The van der Waals surface area contributed by atoms with Crippen molar-refractivity contribution in [3.8, 4) is 0 Å². The number of hydrogen-bond donors (Lipinski definition) is 9. The van der Waals surface area contributed by atoms with E-state index in [0.717, 1.165) is 0 Å². The molecule has 66 heavy (non-hydrogen) atoms. The minimum atomic E-state index is -0.527. The molecule has 0 aliphatic heterocycles. The third-order valence-corrected chi connectivity index (χ3v) is 10.4. The van der Waals surface area contributed by atoms with E-state index in [4.69, 9.17) is 40.1 Å². The summed E-state index contributed by atoms with van der Waals surface area (Å²) < 4.78 is 0. The maximum absolute atomic E-state index is 12.8. The van der Waals surface area contributed by atoms with Gasteiger partial charge >= 0.3 is 0 Å². The average molecular weight is 940 g/mol. The first-order valence-electron chi connectivity index (χ1n) is 22.2. The SMILES string of the molecule is C=CC(=O)CCN(CCC(N)=O)CCN(CCC(N)=O)CCN(CCC(N)=O)CCC(=O)NCNC(=O)CCN(CCC(N)=O)CCN(CCC(N)=O)CCN(CCC(N)=O)CCC(N)=O. The van der Waals surface area contributed by atoms with E-state index in [1.807, 2.05) is 29.4 Å². The van der Waals surface area contributed by atoms with E-state index in [9.17, 15) is 47.9 Å². The Bertz CT molecular complexity index is 1550. The van der Waals surface area contributed by atoms with Gasteiger partial charge in [-0.05, 0) is 6.08 Å². The van der Waals surface area contributed by atoms with Crippen molar-refractivity contribution in [2.45, 2.75) is 64.2 Å². The summed E-state index contributed by atoms with van der Waals surface area (Å²) in [6.07, 6.45) is 1.97. The molecule has 0 fully saturated rings. The molecule has 0 aromatic rings. The molecule has 25 heteroatoms. The Balaban J connectivity index is 5.36. The van der Waals surface area contributed by atoms with Crippen molar-refractivity contribution < 1.29 is 47.9 Å². The second-order valence-electron chi connectivity index (χ2n) is 15.9. The Morgan fingerprint density at radius 1 is 0.303 bits per heavy atom. The predicted octanol–water partition coefficient (Wildman–Crippen LogP) is -5.96. The highest BCUT2D eigenvalue weighted by molar-refractivity contribution is 5.89. The van der Waals surface area contributed by atoms with Crippen LogP contribution < -0.4 is 50.8 Å². The zero-order valence-corrected chi connectivity index (χ0v) is 38.6. The molecule has 0 bridgehead atoms. The zero-order chi connectivity index (χ0) is 49.9. The van der Waals surface area contributed by atoms with E-state index < -0.39 is 41.4 Å². The lowest BCUT2D eigenvalue weighted by Crippen LogP contribution is -2.44. The van der Waals surface area contributed by atoms with Crippen LogP contribution in [0.4, 0.5) is 0 Å². The Morgan fingerprint density at radius 2 is 0.485 bits per heavy atom. The molecule has 0 heterocycles. The Hall–Kier alpha value is -5.60. The van der Waals surface area contributed by atoms with Crippen LogP contribution in [0.1, 0.15) is 64.2 Å². The molecule has 376 valence electrons. The molecule has 0 saturated heterocycles. The normalized spacial score (nSPS) is 11.4. The third-order valence-electron chi connectivity index (χ3n) is 10.4. The fraction of sp³-hybridized carbons (Fsp3) is 0.707. The van der Waals surface area contributed by atoms with Crippen molar-refractivity contribution in [2.75, 3.05) is 124 Å². The number of nitrogens with two attached hydrogens (primary N) is 7. The number of allylic oxidation sites excluding steroid dienone is 1. The van der Waals surface area contributed by atoms with Gasteiger partial charge in [0.15, 0.2) is 5.78 Å². The van der Waals surface area contributed by atoms with Crippen LogP contribution >= 0.6 is 0 Å². The fourth-order valence-electron chi connectivity index (χ4n) is 6.33. The van der Waals surface area contributed by atoms with Gasteiger partial charge < -0.3 is 80.2 Å². The van der Waals surface area contributed by atoms with Crippen LogP contribution in [-0.2, 0) is 47.9 Å². The lowest BCUT2D eigenvalue weighted by molar-refractivity contribution is -0.124. The summed E-state index contributed by atoms with van der Waals surface area (Å²) in [6.45, 7) is 9.74. The van der Waals surface area contributed by atoms with Gasteiger partial charge in [-0.3, -0.25) is 47.9 Å². The molecule has 0 saturated carbocycles. The lowest BCUT2D eigenvalue weighted by atomic mass is 10.2. The van der Waals surface area contributed by atoms with Crippen molar-refractivity contribution in [3.05, 3.63) is 12.7 Å². The molecular weight excluding hydrogens is 863 g/mol. The first-order chi connectivity index (χ1) is 31.2. The Kier molecular flexibility index (Phi) is 33.5. The Morgan fingerprint density at radius 3 is 0.682 bits per heavy atom. The molecule has 0 aliphatic rings. The third kappa shape index (κ3) is 36.7. The summed E-state index contributed by atoms with van der Waals surface area (Å²) in [5, 5.41) is 5.32. The largest absolute Gasteiger partial charge is 0.370 e. The molecule has 25 nitrogen and oxygen atoms in total. The van der Waals surface area contributed by atoms with E-state index >= 15 is 0 Å². The second kappa shape index (κ2) is 36.6. The van der Waals surface area contributed by atoms with Crippen LogP contribution in [-0.4, -0.2) is 213 Å². The number of amides is 9. The summed E-state index contributed by atoms with van der Waals surface area (Å²) in [6, 6.07) is 0. The van der Waals surface area contributed by atoms with E-state index in [-0.39, 0.29) is 115 Å². The molecule has 0 spiro atoms. The van der Waals surface area contributed by atoms with E-state index in [1.165, 1.54) is 6.08 Å². The molecular formula is C41H77N15O10. The van der Waals surface area contributed by atoms with Crippen molar-refractivity contribution >= 4 is 58.9 Å². The van der Waals surface area contributed by atoms with Gasteiger partial charge in [-0.25, -0.2) is 0 Å². The molecule has 0 radical (unpaired) electrons. The number of nitrogens with zero attached hydrogens (tertiary/aromatic N) is 6. The first kappa shape index (κ1) is 60.4. The average Bonchev–Trinajstić information content (AvgIpc) is 3.24. The van der Waals surface area contributed by atoms with Crippen LogP contribution in [0.25, 0.3) is 0 Å². The first-order valence-corrected chi connectivity index (χ1v) is 22.2. The van der Waals surface area contributed by atoms with Crippen molar-refractivity contribution in [1.82, 2.24) is 40.0 Å². The highest BCUT2D eigenvalue weighted by atomic mass is 16.2. The molecule has 0 unspecified atom stereocenters. The van der Waals surface area contributed by atoms with Crippen molar-refractivity contribution in [3.63, 3.8) is 0 Å². The van der Waals surface area contributed by atoms with Gasteiger partial charge in [-0.2, -0.15) is 0 Å². The van der Waals surface area contributed by atoms with E-state index in [2.05, 4.69) is 17.2 Å². The predicted molar refractivity (Wildman–Crippen MR) is 246 cm³/mol. The van der Waals surface area contributed by atoms with Crippen LogP contribution in [0, 0.1) is 0 Å². The van der Waals surface area contributed by atoms with Gasteiger partial charge in [-0.1, -0.05) is 6.58 Å². The van der Waals surface area contributed by atoms with Gasteiger partial charge in [0.2, 0.25) is 53.2 Å². The van der Waals surface area contributed by atoms with Crippen LogP contribution in [0.15, 0.2) is 12.7 Å². The molecule has 9 amide bonds. The number of carbonyl (C=O) groups excluding carboxylic acids is 10. The number of rotatable bonds is 45. The highest BCUT2D eigenvalue weighted by Gasteiger charge is 2.18. The number of primary amides is 7. The lowest BCUT2D eigenvalue weighted by Gasteiger charge is -2.30. The maximum Gasteiger partial charge on any atom is 0.222 e. The minimum Gasteiger partial charge on any atom is -0.370 e. The number of hydrogen-bond acceptors (Lipinski definition) is 16. The molecule has 16 N–H and O–H groups in total. The zero-order valence-electron chi connectivity index (χ0n) is 38.6. The van der Waals surface area contributed by atoms with Crippen LogP contribution in [0.2, 0.25) is 0 Å². The second-order valence-corrected chi connectivity index (χ2v) is 15.9. The summed E-state index contributed by atoms with van der Waals surface area (Å²) in [4.78, 5) is 130. The van der Waals surface area contributed by atoms with Gasteiger partial charge in [0.1, 0.15) is 0 Å². The van der Waals surface area contributed by atoms with Crippen LogP contribution in [0.5, 0.6) is 0 Å². The number of carbonyl (C=O) groups is 10. The molecule has 0 rings (SSSR count). The van der Waals surface area contributed by atoms with Crippen molar-refractivity contribution in [1.29, 1.82) is 0 Å². The highest BCUT2D eigenvalue weighted by Crippen LogP contribution is 2.04. The number of nitrogens with one attached hydrogen (secondary N) is 2. The van der Waals surface area contributed by atoms with Crippen LogP contribution in [0.3, 0.4) is 0 Å². The molecule has 0 atom stereocenters. The summed E-state index contributed by atoms with van der Waals surface area (Å²) in [5.74, 6) is -4.39. The molecule has 0 aromatic carbocycles.